The van der Waals surface area contributed by atoms with Gasteiger partial charge in [0, 0.05) is 23.4 Å². The fourth-order valence-electron chi connectivity index (χ4n) is 1.07. The van der Waals surface area contributed by atoms with E-state index in [1.807, 2.05) is 19.1 Å². The number of nitrogens with zero attached hydrogens (tertiary/aromatic N) is 1. The number of rotatable bonds is 5. The van der Waals surface area contributed by atoms with Crippen LogP contribution < -0.4 is 4.72 Å². The van der Waals surface area contributed by atoms with Gasteiger partial charge in [-0.2, -0.15) is 0 Å². The largest absolute Gasteiger partial charge is 0.262 e. The van der Waals surface area contributed by atoms with Gasteiger partial charge in [0.2, 0.25) is 10.0 Å². The monoisotopic (exact) mass is 304 g/mol. The van der Waals surface area contributed by atoms with Crippen LogP contribution in [-0.2, 0) is 10.0 Å². The maximum absolute atomic E-state index is 11.8. The van der Waals surface area contributed by atoms with Crippen LogP contribution in [0.25, 0.3) is 0 Å². The Kier molecular flexibility index (Phi) is 5.11. The molecule has 4 nitrogen and oxygen atoms in total. The summed E-state index contributed by atoms with van der Waals surface area (Å²) in [5.74, 6) is 0. The van der Waals surface area contributed by atoms with Gasteiger partial charge in [0.25, 0.3) is 0 Å². The molecule has 1 aromatic rings. The summed E-state index contributed by atoms with van der Waals surface area (Å²) in [5, 5.41) is 0. The minimum absolute atomic E-state index is 0.169. The molecule has 0 unspecified atom stereocenters. The number of aromatic nitrogens is 1. The van der Waals surface area contributed by atoms with E-state index in [2.05, 4.69) is 25.6 Å². The summed E-state index contributed by atoms with van der Waals surface area (Å²) in [6, 6.07) is 1.52. The van der Waals surface area contributed by atoms with Gasteiger partial charge >= 0.3 is 0 Å². The van der Waals surface area contributed by atoms with E-state index < -0.39 is 10.0 Å². The molecule has 1 rings (SSSR count). The maximum atomic E-state index is 11.8. The highest BCUT2D eigenvalue weighted by molar-refractivity contribution is 9.10. The normalized spacial score (nSPS) is 12.1. The summed E-state index contributed by atoms with van der Waals surface area (Å²) in [6.45, 7) is 2.28. The van der Waals surface area contributed by atoms with E-state index in [1.54, 1.807) is 6.20 Å². The quantitative estimate of drug-likeness (QED) is 0.669. The molecule has 0 aliphatic heterocycles. The molecule has 0 aliphatic carbocycles. The summed E-state index contributed by atoms with van der Waals surface area (Å²) in [4.78, 5) is 3.98. The third kappa shape index (κ3) is 4.03. The summed E-state index contributed by atoms with van der Waals surface area (Å²) in [6.07, 6.45) is 7.33. The topological polar surface area (TPSA) is 59.1 Å². The molecular weight excluding hydrogens is 292 g/mol. The Morgan fingerprint density at radius 1 is 1.50 bits per heavy atom. The van der Waals surface area contributed by atoms with Gasteiger partial charge in [0.1, 0.15) is 4.90 Å². The number of halogens is 1. The van der Waals surface area contributed by atoms with Crippen molar-refractivity contribution in [3.05, 3.63) is 35.1 Å². The third-order valence-electron chi connectivity index (χ3n) is 1.83. The van der Waals surface area contributed by atoms with Crippen LogP contribution in [0.5, 0.6) is 0 Å². The minimum Gasteiger partial charge on any atom is -0.262 e. The van der Waals surface area contributed by atoms with Crippen LogP contribution in [0, 0.1) is 0 Å². The number of nitrogens with one attached hydrogen (secondary N) is 1. The van der Waals surface area contributed by atoms with Gasteiger partial charge < -0.3 is 0 Å². The zero-order valence-electron chi connectivity index (χ0n) is 8.85. The number of sulfonamides is 1. The molecule has 0 aromatic carbocycles. The smallest absolute Gasteiger partial charge is 0.242 e. The average molecular weight is 305 g/mol. The fraction of sp³-hybridized carbons (Fsp3) is 0.300. The minimum atomic E-state index is -3.44. The molecule has 88 valence electrons. The first-order valence-electron chi connectivity index (χ1n) is 4.77. The van der Waals surface area contributed by atoms with E-state index in [0.717, 1.165) is 0 Å². The average Bonchev–Trinajstić information content (AvgIpc) is 2.24. The third-order valence-corrected chi connectivity index (χ3v) is 3.69. The van der Waals surface area contributed by atoms with Crippen molar-refractivity contribution in [2.45, 2.75) is 18.2 Å². The second-order valence-corrected chi connectivity index (χ2v) is 5.78. The zero-order chi connectivity index (χ0) is 12.0. The van der Waals surface area contributed by atoms with Crippen molar-refractivity contribution in [3.63, 3.8) is 0 Å². The van der Waals surface area contributed by atoms with E-state index in [0.29, 0.717) is 17.4 Å². The summed E-state index contributed by atoms with van der Waals surface area (Å²) in [7, 11) is -3.44. The van der Waals surface area contributed by atoms with Crippen molar-refractivity contribution >= 4 is 26.0 Å². The molecule has 0 amide bonds. The SMILES string of the molecule is C/C=C/CCNS(=O)(=O)c1cncc(Br)c1. The van der Waals surface area contributed by atoms with E-state index >= 15 is 0 Å². The van der Waals surface area contributed by atoms with Crippen LogP contribution in [0.1, 0.15) is 13.3 Å². The molecule has 0 atom stereocenters. The van der Waals surface area contributed by atoms with Crippen molar-refractivity contribution < 1.29 is 8.42 Å². The Balaban J connectivity index is 2.71. The Morgan fingerprint density at radius 3 is 2.88 bits per heavy atom. The van der Waals surface area contributed by atoms with Gasteiger partial charge in [0.05, 0.1) is 0 Å². The van der Waals surface area contributed by atoms with Crippen molar-refractivity contribution in [2.24, 2.45) is 0 Å². The Morgan fingerprint density at radius 2 is 2.25 bits per heavy atom. The second-order valence-electron chi connectivity index (χ2n) is 3.09. The first kappa shape index (κ1) is 13.3. The number of pyridine rings is 1. The molecule has 0 saturated carbocycles. The first-order valence-corrected chi connectivity index (χ1v) is 7.05. The van der Waals surface area contributed by atoms with Crippen LogP contribution >= 0.6 is 15.9 Å². The van der Waals surface area contributed by atoms with Crippen LogP contribution in [0.3, 0.4) is 0 Å². The van der Waals surface area contributed by atoms with Gasteiger partial charge in [0.15, 0.2) is 0 Å². The molecule has 1 heterocycles. The van der Waals surface area contributed by atoms with Crippen molar-refractivity contribution in [3.8, 4) is 0 Å². The molecule has 0 saturated heterocycles. The van der Waals surface area contributed by atoms with Gasteiger partial charge in [-0.25, -0.2) is 13.1 Å². The summed E-state index contributed by atoms with van der Waals surface area (Å²) < 4.78 is 26.6. The lowest BCUT2D eigenvalue weighted by Crippen LogP contribution is -2.24. The van der Waals surface area contributed by atoms with Crippen molar-refractivity contribution in [1.29, 1.82) is 0 Å². The lowest BCUT2D eigenvalue weighted by Gasteiger charge is -2.05. The number of allylic oxidation sites excluding steroid dienone is 1. The first-order chi connectivity index (χ1) is 7.56. The van der Waals surface area contributed by atoms with Crippen molar-refractivity contribution in [2.75, 3.05) is 6.54 Å². The fourth-order valence-corrected chi connectivity index (χ4v) is 2.62. The second kappa shape index (κ2) is 6.12. The molecule has 0 spiro atoms. The summed E-state index contributed by atoms with van der Waals surface area (Å²) in [5.41, 5.74) is 0. The predicted molar refractivity (Wildman–Crippen MR) is 66.6 cm³/mol. The van der Waals surface area contributed by atoms with Crippen LogP contribution in [-0.4, -0.2) is 19.9 Å². The lowest BCUT2D eigenvalue weighted by molar-refractivity contribution is 0.581. The highest BCUT2D eigenvalue weighted by Crippen LogP contribution is 2.13. The molecule has 1 N–H and O–H groups in total. The van der Waals surface area contributed by atoms with Crippen LogP contribution in [0.2, 0.25) is 0 Å². The van der Waals surface area contributed by atoms with Gasteiger partial charge in [-0.1, -0.05) is 12.2 Å². The Bertz CT molecular complexity index is 471. The molecular formula is C10H13BrN2O2S. The molecule has 0 fully saturated rings. The molecule has 0 aliphatic rings. The van der Waals surface area contributed by atoms with E-state index in [4.69, 9.17) is 0 Å². The number of hydrogen-bond acceptors (Lipinski definition) is 3. The molecule has 0 bridgehead atoms. The molecule has 0 radical (unpaired) electrons. The van der Waals surface area contributed by atoms with Gasteiger partial charge in [-0.15, -0.1) is 0 Å². The lowest BCUT2D eigenvalue weighted by atomic mass is 10.4. The van der Waals surface area contributed by atoms with Crippen LogP contribution in [0.15, 0.2) is 40.0 Å². The standard InChI is InChI=1S/C10H13BrN2O2S/c1-2-3-4-5-13-16(14,15)10-6-9(11)7-12-8-10/h2-3,6-8,13H,4-5H2,1H3/b3-2+. The highest BCUT2D eigenvalue weighted by atomic mass is 79.9. The van der Waals surface area contributed by atoms with Gasteiger partial charge in [-0.05, 0) is 35.3 Å². The van der Waals surface area contributed by atoms with Crippen LogP contribution in [0.4, 0.5) is 0 Å². The molecule has 16 heavy (non-hydrogen) atoms. The maximum Gasteiger partial charge on any atom is 0.242 e. The highest BCUT2D eigenvalue weighted by Gasteiger charge is 2.13. The molecule has 6 heteroatoms. The molecule has 1 aromatic heterocycles. The zero-order valence-corrected chi connectivity index (χ0v) is 11.3. The van der Waals surface area contributed by atoms with E-state index in [-0.39, 0.29) is 4.90 Å². The van der Waals surface area contributed by atoms with Crippen molar-refractivity contribution in [1.82, 2.24) is 9.71 Å². The van der Waals surface area contributed by atoms with E-state index in [9.17, 15) is 8.42 Å². The predicted octanol–water partition coefficient (Wildman–Crippen LogP) is 2.09. The Hall–Kier alpha value is -0.720. The summed E-state index contributed by atoms with van der Waals surface area (Å²) >= 11 is 3.18. The number of hydrogen-bond donors (Lipinski definition) is 1. The Labute approximate surface area is 104 Å². The van der Waals surface area contributed by atoms with Gasteiger partial charge in [-0.3, -0.25) is 4.98 Å². The van der Waals surface area contributed by atoms with E-state index in [1.165, 1.54) is 12.3 Å².